The molecule has 2 saturated carbocycles. The second kappa shape index (κ2) is 8.52. The maximum Gasteiger partial charge on any atom is 0.257 e. The summed E-state index contributed by atoms with van der Waals surface area (Å²) in [6.07, 6.45) is 7.70. The summed E-state index contributed by atoms with van der Waals surface area (Å²) in [5.41, 5.74) is 3.00. The largest absolute Gasteiger partial charge is 0.497 e. The van der Waals surface area contributed by atoms with Crippen LogP contribution in [0, 0.1) is 5.41 Å². The molecule has 2 aromatic rings. The molecule has 1 atom stereocenters. The standard InChI is InChI=1S/C24H29NO2S/c1-26-21-9-7-18(8-10-21)17-25-23(28)27-22-13-16-24(22)14-11-20(12-15-24)19-5-3-2-4-6-19/h2-10,20,22H,11-17H2,1H3,(H,25,28)/t20?,22-,24?/m0/s1. The van der Waals surface area contributed by atoms with Crippen LogP contribution in [0.3, 0.4) is 0 Å². The Hall–Kier alpha value is -2.07. The van der Waals surface area contributed by atoms with Gasteiger partial charge >= 0.3 is 0 Å². The van der Waals surface area contributed by atoms with Crippen molar-refractivity contribution in [2.24, 2.45) is 5.41 Å². The summed E-state index contributed by atoms with van der Waals surface area (Å²) in [7, 11) is 1.68. The van der Waals surface area contributed by atoms with Crippen molar-refractivity contribution < 1.29 is 9.47 Å². The number of rotatable bonds is 5. The van der Waals surface area contributed by atoms with Crippen molar-refractivity contribution in [2.75, 3.05) is 7.11 Å². The number of hydrogen-bond acceptors (Lipinski definition) is 3. The fraction of sp³-hybridized carbons (Fsp3) is 0.458. The molecule has 3 nitrogen and oxygen atoms in total. The number of nitrogens with one attached hydrogen (secondary N) is 1. The van der Waals surface area contributed by atoms with Crippen molar-refractivity contribution in [3.8, 4) is 5.75 Å². The van der Waals surface area contributed by atoms with Gasteiger partial charge in [0.25, 0.3) is 5.17 Å². The summed E-state index contributed by atoms with van der Waals surface area (Å²) in [5, 5.41) is 3.79. The molecule has 1 spiro atoms. The van der Waals surface area contributed by atoms with E-state index >= 15 is 0 Å². The Morgan fingerprint density at radius 1 is 1.00 bits per heavy atom. The highest BCUT2D eigenvalue weighted by molar-refractivity contribution is 7.80. The van der Waals surface area contributed by atoms with Crippen molar-refractivity contribution in [3.63, 3.8) is 0 Å². The molecule has 2 fully saturated rings. The van der Waals surface area contributed by atoms with Gasteiger partial charge in [-0.05, 0) is 79.9 Å². The van der Waals surface area contributed by atoms with E-state index in [9.17, 15) is 0 Å². The quantitative estimate of drug-likeness (QED) is 0.668. The van der Waals surface area contributed by atoms with Crippen molar-refractivity contribution >= 4 is 17.4 Å². The smallest absolute Gasteiger partial charge is 0.257 e. The van der Waals surface area contributed by atoms with E-state index in [1.807, 2.05) is 24.3 Å². The molecule has 4 heteroatoms. The molecule has 0 saturated heterocycles. The van der Waals surface area contributed by atoms with E-state index in [0.717, 1.165) is 12.2 Å². The van der Waals surface area contributed by atoms with E-state index < -0.39 is 0 Å². The van der Waals surface area contributed by atoms with Crippen LogP contribution in [-0.4, -0.2) is 18.4 Å². The van der Waals surface area contributed by atoms with Crippen LogP contribution in [-0.2, 0) is 11.3 Å². The maximum absolute atomic E-state index is 6.18. The van der Waals surface area contributed by atoms with Crippen LogP contribution in [0.25, 0.3) is 0 Å². The second-order valence-corrected chi connectivity index (χ2v) is 8.55. The lowest BCUT2D eigenvalue weighted by molar-refractivity contribution is -0.0809. The summed E-state index contributed by atoms with van der Waals surface area (Å²) >= 11 is 5.47. The van der Waals surface area contributed by atoms with Gasteiger partial charge in [0.1, 0.15) is 11.9 Å². The lowest BCUT2D eigenvalue weighted by atomic mass is 9.56. The number of methoxy groups -OCH3 is 1. The van der Waals surface area contributed by atoms with Crippen LogP contribution in [0.1, 0.15) is 55.6 Å². The van der Waals surface area contributed by atoms with Crippen LogP contribution < -0.4 is 10.1 Å². The Kier molecular flexibility index (Phi) is 5.86. The molecule has 2 aromatic carbocycles. The second-order valence-electron chi connectivity index (χ2n) is 8.18. The summed E-state index contributed by atoms with van der Waals surface area (Å²) in [5.74, 6) is 1.57. The Bertz CT molecular complexity index is 782. The normalized spacial score (nSPS) is 26.3. The first kappa shape index (κ1) is 19.3. The summed E-state index contributed by atoms with van der Waals surface area (Å²) in [4.78, 5) is 0. The Morgan fingerprint density at radius 2 is 1.68 bits per heavy atom. The molecule has 0 aliphatic heterocycles. The predicted octanol–water partition coefficient (Wildman–Crippen LogP) is 5.59. The van der Waals surface area contributed by atoms with Gasteiger partial charge in [-0.3, -0.25) is 0 Å². The van der Waals surface area contributed by atoms with Gasteiger partial charge in [-0.25, -0.2) is 0 Å². The molecular weight excluding hydrogens is 366 g/mol. The molecule has 2 aliphatic carbocycles. The zero-order chi connectivity index (χ0) is 19.4. The molecule has 0 aromatic heterocycles. The number of ether oxygens (including phenoxy) is 2. The Labute approximate surface area is 173 Å². The van der Waals surface area contributed by atoms with Crippen LogP contribution in [0.5, 0.6) is 5.75 Å². The van der Waals surface area contributed by atoms with Crippen LogP contribution in [0.2, 0.25) is 0 Å². The third-order valence-electron chi connectivity index (χ3n) is 6.68. The van der Waals surface area contributed by atoms with Gasteiger partial charge in [0.05, 0.1) is 7.11 Å². The molecule has 0 unspecified atom stereocenters. The summed E-state index contributed by atoms with van der Waals surface area (Å²) in [6, 6.07) is 19.0. The first-order chi connectivity index (χ1) is 13.7. The first-order valence-electron chi connectivity index (χ1n) is 10.3. The average Bonchev–Trinajstić information content (AvgIpc) is 2.76. The van der Waals surface area contributed by atoms with Crippen molar-refractivity contribution in [1.82, 2.24) is 5.32 Å². The average molecular weight is 396 g/mol. The molecular formula is C24H29NO2S. The molecule has 28 heavy (non-hydrogen) atoms. The highest BCUT2D eigenvalue weighted by Gasteiger charge is 2.50. The fourth-order valence-electron chi connectivity index (χ4n) is 4.77. The van der Waals surface area contributed by atoms with E-state index in [2.05, 4.69) is 35.6 Å². The number of benzene rings is 2. The molecule has 0 radical (unpaired) electrons. The van der Waals surface area contributed by atoms with Crippen molar-refractivity contribution in [3.05, 3.63) is 65.7 Å². The van der Waals surface area contributed by atoms with Crippen LogP contribution >= 0.6 is 12.2 Å². The van der Waals surface area contributed by atoms with Crippen molar-refractivity contribution in [1.29, 1.82) is 0 Å². The van der Waals surface area contributed by atoms with Crippen molar-refractivity contribution in [2.45, 2.75) is 57.1 Å². The minimum absolute atomic E-state index is 0.278. The minimum atomic E-state index is 0.278. The number of thiocarbonyl (C=S) groups is 1. The molecule has 148 valence electrons. The van der Waals surface area contributed by atoms with Crippen LogP contribution in [0.15, 0.2) is 54.6 Å². The van der Waals surface area contributed by atoms with E-state index in [1.165, 1.54) is 43.2 Å². The molecule has 0 bridgehead atoms. The van der Waals surface area contributed by atoms with E-state index in [-0.39, 0.29) is 6.10 Å². The van der Waals surface area contributed by atoms with Gasteiger partial charge in [0.15, 0.2) is 0 Å². The van der Waals surface area contributed by atoms with Gasteiger partial charge in [0, 0.05) is 12.0 Å². The Morgan fingerprint density at radius 3 is 2.29 bits per heavy atom. The van der Waals surface area contributed by atoms with Gasteiger partial charge < -0.3 is 14.8 Å². The zero-order valence-electron chi connectivity index (χ0n) is 16.5. The maximum atomic E-state index is 6.18. The third kappa shape index (κ3) is 4.17. The van der Waals surface area contributed by atoms with E-state index in [4.69, 9.17) is 21.7 Å². The monoisotopic (exact) mass is 395 g/mol. The van der Waals surface area contributed by atoms with Gasteiger partial charge in [0.2, 0.25) is 0 Å². The van der Waals surface area contributed by atoms with E-state index in [0.29, 0.717) is 23.1 Å². The highest BCUT2D eigenvalue weighted by Crippen LogP contribution is 2.55. The zero-order valence-corrected chi connectivity index (χ0v) is 17.3. The van der Waals surface area contributed by atoms with Gasteiger partial charge in [-0.1, -0.05) is 42.5 Å². The lowest BCUT2D eigenvalue weighted by Crippen LogP contribution is -2.50. The topological polar surface area (TPSA) is 30.5 Å². The van der Waals surface area contributed by atoms with E-state index in [1.54, 1.807) is 7.11 Å². The highest BCUT2D eigenvalue weighted by atomic mass is 32.1. The SMILES string of the molecule is COc1ccc(CNC(=S)O[C@H]2CCC23CCC(c2ccccc2)CC3)cc1. The minimum Gasteiger partial charge on any atom is -0.497 e. The molecule has 0 heterocycles. The third-order valence-corrected chi connectivity index (χ3v) is 6.93. The fourth-order valence-corrected chi connectivity index (χ4v) is 4.95. The lowest BCUT2D eigenvalue weighted by Gasteiger charge is -2.52. The first-order valence-corrected chi connectivity index (χ1v) is 10.7. The molecule has 2 aliphatic rings. The summed E-state index contributed by atoms with van der Waals surface area (Å²) in [6.45, 7) is 0.679. The number of hydrogen-bond donors (Lipinski definition) is 1. The molecule has 4 rings (SSSR count). The Balaban J connectivity index is 1.25. The van der Waals surface area contributed by atoms with Gasteiger partial charge in [-0.15, -0.1) is 0 Å². The molecule has 0 amide bonds. The predicted molar refractivity (Wildman–Crippen MR) is 117 cm³/mol. The van der Waals surface area contributed by atoms with Crippen LogP contribution in [0.4, 0.5) is 0 Å². The van der Waals surface area contributed by atoms with Gasteiger partial charge in [-0.2, -0.15) is 0 Å². The summed E-state index contributed by atoms with van der Waals surface area (Å²) < 4.78 is 11.4. The molecule has 1 N–H and O–H groups in total.